The van der Waals surface area contributed by atoms with Gasteiger partial charge in [0.1, 0.15) is 6.10 Å². The quantitative estimate of drug-likeness (QED) is 0.624. The van der Waals surface area contributed by atoms with E-state index in [0.29, 0.717) is 12.3 Å². The number of hydrogen-bond donors (Lipinski definition) is 2. The minimum Gasteiger partial charge on any atom is -0.367 e. The van der Waals surface area contributed by atoms with E-state index >= 15 is 0 Å². The van der Waals surface area contributed by atoms with Gasteiger partial charge in [-0.05, 0) is 31.1 Å². The maximum Gasteiger partial charge on any atom is 0.224 e. The summed E-state index contributed by atoms with van der Waals surface area (Å²) in [5, 5.41) is 3.08. The van der Waals surface area contributed by atoms with E-state index in [1.807, 2.05) is 6.92 Å². The smallest absolute Gasteiger partial charge is 0.224 e. The van der Waals surface area contributed by atoms with Crippen LogP contribution in [-0.4, -0.2) is 54.7 Å². The fourth-order valence-corrected chi connectivity index (χ4v) is 4.07. The number of nitrogens with two attached hydrogens (primary N) is 1. The first-order chi connectivity index (χ1) is 12.5. The summed E-state index contributed by atoms with van der Waals surface area (Å²) in [7, 11) is 3.42. The lowest BCUT2D eigenvalue weighted by molar-refractivity contribution is -0.224. The van der Waals surface area contributed by atoms with Crippen LogP contribution in [0.4, 0.5) is 0 Å². The summed E-state index contributed by atoms with van der Waals surface area (Å²) >= 11 is 0. The Balaban J connectivity index is 3.16. The average molecular weight is 386 g/mol. The number of hydrogen-bond acceptors (Lipinski definition) is 5. The van der Waals surface area contributed by atoms with E-state index in [4.69, 9.17) is 15.5 Å². The second kappa shape index (κ2) is 9.85. The van der Waals surface area contributed by atoms with Crippen LogP contribution in [0.5, 0.6) is 0 Å². The van der Waals surface area contributed by atoms with Gasteiger partial charge in [0.15, 0.2) is 0 Å². The van der Waals surface area contributed by atoms with Crippen molar-refractivity contribution in [3.63, 3.8) is 0 Å². The van der Waals surface area contributed by atoms with E-state index in [2.05, 4.69) is 33.0 Å². The molecule has 0 aromatic heterocycles. The van der Waals surface area contributed by atoms with E-state index in [1.165, 1.54) is 11.8 Å². The van der Waals surface area contributed by atoms with Gasteiger partial charge in [0.25, 0.3) is 0 Å². The molecular weight excluding hydrogens is 346 g/mol. The predicted molar refractivity (Wildman–Crippen MR) is 106 cm³/mol. The van der Waals surface area contributed by atoms with Gasteiger partial charge in [-0.2, -0.15) is 0 Å². The van der Waals surface area contributed by atoms with Gasteiger partial charge in [0.05, 0.1) is 24.2 Å². The average Bonchev–Trinajstić information content (AvgIpc) is 2.59. The molecule has 1 heterocycles. The van der Waals surface area contributed by atoms with E-state index < -0.39 is 11.7 Å². The summed E-state index contributed by atoms with van der Waals surface area (Å²) < 4.78 is 6.59. The van der Waals surface area contributed by atoms with Gasteiger partial charge in [-0.1, -0.05) is 34.1 Å². The highest BCUT2D eigenvalue weighted by Crippen LogP contribution is 2.41. The predicted octanol–water partition coefficient (Wildman–Crippen LogP) is 2.09. The Labute approximate surface area is 164 Å². The summed E-state index contributed by atoms with van der Waals surface area (Å²) in [6.45, 7) is 12.1. The molecule has 0 spiro atoms. The molecule has 7 nitrogen and oxygen atoms in total. The maximum atomic E-state index is 12.2. The highest BCUT2D eigenvalue weighted by atomic mass is 16.6. The molecule has 0 aromatic rings. The van der Waals surface area contributed by atoms with E-state index in [-0.39, 0.29) is 42.2 Å². The number of ether oxygens (including phenoxy) is 1. The molecule has 0 saturated carbocycles. The minimum atomic E-state index is -0.707. The molecule has 0 aromatic carbocycles. The van der Waals surface area contributed by atoms with Gasteiger partial charge < -0.3 is 15.0 Å². The minimum absolute atomic E-state index is 0.0570. The summed E-state index contributed by atoms with van der Waals surface area (Å²) in [5.74, 6) is 6.30. The standard InChI is InChI=1S/C20H39N3O4/c1-9-12(2)14(4)19-18(22-15(5)24)13(3)11-20(6,26-19)16(27-21)10-17(25)23(7)8/h12-14,16,18-19H,9-11,21H2,1-8H3,(H,22,24)/t12-,13?,14-,16?,18?,19?,20?/m1/s1. The zero-order valence-electron chi connectivity index (χ0n) is 18.2. The first kappa shape index (κ1) is 23.9. The van der Waals surface area contributed by atoms with Crippen molar-refractivity contribution >= 4 is 11.8 Å². The second-order valence-corrected chi connectivity index (χ2v) is 8.66. The summed E-state index contributed by atoms with van der Waals surface area (Å²) in [6.07, 6.45) is 1.09. The zero-order valence-corrected chi connectivity index (χ0v) is 18.2. The molecule has 1 aliphatic rings. The number of rotatable bonds is 8. The molecule has 1 saturated heterocycles. The Hall–Kier alpha value is -1.18. The van der Waals surface area contributed by atoms with Crippen molar-refractivity contribution in [2.24, 2.45) is 23.7 Å². The van der Waals surface area contributed by atoms with Crippen molar-refractivity contribution in [2.75, 3.05) is 14.1 Å². The van der Waals surface area contributed by atoms with Crippen molar-refractivity contribution in [1.82, 2.24) is 10.2 Å². The van der Waals surface area contributed by atoms with Crippen molar-refractivity contribution in [1.29, 1.82) is 0 Å². The van der Waals surface area contributed by atoms with Crippen molar-refractivity contribution in [2.45, 2.75) is 84.7 Å². The van der Waals surface area contributed by atoms with Crippen LogP contribution in [0.15, 0.2) is 0 Å². The van der Waals surface area contributed by atoms with Gasteiger partial charge in [-0.3, -0.25) is 14.4 Å². The highest BCUT2D eigenvalue weighted by Gasteiger charge is 2.50. The molecule has 3 N–H and O–H groups in total. The lowest BCUT2D eigenvalue weighted by Crippen LogP contribution is -2.63. The van der Waals surface area contributed by atoms with Crippen LogP contribution in [0.25, 0.3) is 0 Å². The number of carbonyl (C=O) groups excluding carboxylic acids is 2. The molecule has 1 aliphatic heterocycles. The van der Waals surface area contributed by atoms with Crippen LogP contribution in [0.2, 0.25) is 0 Å². The molecule has 1 rings (SSSR count). The van der Waals surface area contributed by atoms with Crippen LogP contribution < -0.4 is 11.2 Å². The lowest BCUT2D eigenvalue weighted by atomic mass is 9.73. The Morgan fingerprint density at radius 2 is 1.96 bits per heavy atom. The monoisotopic (exact) mass is 385 g/mol. The van der Waals surface area contributed by atoms with Crippen molar-refractivity contribution in [3.05, 3.63) is 0 Å². The molecule has 158 valence electrons. The molecule has 0 radical (unpaired) electrons. The summed E-state index contributed by atoms with van der Waals surface area (Å²) in [4.78, 5) is 30.8. The Kier molecular flexibility index (Phi) is 8.70. The molecule has 27 heavy (non-hydrogen) atoms. The molecule has 7 heteroatoms. The van der Waals surface area contributed by atoms with Crippen molar-refractivity contribution < 1.29 is 19.2 Å². The molecule has 5 unspecified atom stereocenters. The third-order valence-electron chi connectivity index (χ3n) is 6.23. The first-order valence-corrected chi connectivity index (χ1v) is 9.97. The summed E-state index contributed by atoms with van der Waals surface area (Å²) in [5.41, 5.74) is -0.707. The molecule has 0 aliphatic carbocycles. The third kappa shape index (κ3) is 5.90. The SMILES string of the molecule is CC[C@@H](C)[C@@H](C)C1OC(C)(C(CC(=O)N(C)C)ON)CC(C)C1NC(C)=O. The first-order valence-electron chi connectivity index (χ1n) is 9.97. The van der Waals surface area contributed by atoms with Gasteiger partial charge in [0.2, 0.25) is 11.8 Å². The number of carbonyl (C=O) groups is 2. The Morgan fingerprint density at radius 3 is 2.41 bits per heavy atom. The van der Waals surface area contributed by atoms with Crippen LogP contribution >= 0.6 is 0 Å². The maximum absolute atomic E-state index is 12.2. The zero-order chi connectivity index (χ0) is 20.9. The van der Waals surface area contributed by atoms with Crippen LogP contribution in [-0.2, 0) is 19.2 Å². The second-order valence-electron chi connectivity index (χ2n) is 8.66. The molecule has 7 atom stereocenters. The Morgan fingerprint density at radius 1 is 1.37 bits per heavy atom. The molecule has 0 bridgehead atoms. The molecule has 2 amide bonds. The van der Waals surface area contributed by atoms with Crippen LogP contribution in [0.1, 0.15) is 60.8 Å². The Bertz CT molecular complexity index is 513. The van der Waals surface area contributed by atoms with Gasteiger partial charge >= 0.3 is 0 Å². The van der Waals surface area contributed by atoms with Crippen LogP contribution in [0, 0.1) is 17.8 Å². The van der Waals surface area contributed by atoms with Gasteiger partial charge in [0, 0.05) is 21.0 Å². The topological polar surface area (TPSA) is 93.9 Å². The van der Waals surface area contributed by atoms with E-state index in [0.717, 1.165) is 6.42 Å². The highest BCUT2D eigenvalue weighted by molar-refractivity contribution is 5.76. The van der Waals surface area contributed by atoms with E-state index in [9.17, 15) is 9.59 Å². The molecular formula is C20H39N3O4. The van der Waals surface area contributed by atoms with Crippen molar-refractivity contribution in [3.8, 4) is 0 Å². The normalized spacial score (nSPS) is 31.7. The fourth-order valence-electron chi connectivity index (χ4n) is 4.07. The molecule has 1 fully saturated rings. The van der Waals surface area contributed by atoms with Crippen LogP contribution in [0.3, 0.4) is 0 Å². The third-order valence-corrected chi connectivity index (χ3v) is 6.23. The number of nitrogens with zero attached hydrogens (tertiary/aromatic N) is 1. The van der Waals surface area contributed by atoms with Gasteiger partial charge in [-0.15, -0.1) is 0 Å². The summed E-state index contributed by atoms with van der Waals surface area (Å²) in [6, 6.07) is -0.0810. The fraction of sp³-hybridized carbons (Fsp3) is 0.900. The lowest BCUT2D eigenvalue weighted by Gasteiger charge is -2.51. The van der Waals surface area contributed by atoms with Gasteiger partial charge in [-0.25, -0.2) is 5.90 Å². The van der Waals surface area contributed by atoms with E-state index in [1.54, 1.807) is 14.1 Å². The largest absolute Gasteiger partial charge is 0.367 e. The number of nitrogens with one attached hydrogen (secondary N) is 1. The number of amides is 2.